The second-order valence-electron chi connectivity index (χ2n) is 7.14. The van der Waals surface area contributed by atoms with Crippen molar-refractivity contribution in [2.45, 2.75) is 18.9 Å². The number of halogens is 1. The molecule has 1 fully saturated rings. The predicted octanol–water partition coefficient (Wildman–Crippen LogP) is 4.07. The van der Waals surface area contributed by atoms with Gasteiger partial charge in [-0.2, -0.15) is 0 Å². The van der Waals surface area contributed by atoms with Gasteiger partial charge in [-0.25, -0.2) is 4.99 Å². The molecule has 1 atom stereocenters. The van der Waals surface area contributed by atoms with Crippen molar-refractivity contribution in [3.63, 3.8) is 0 Å². The zero-order valence-electron chi connectivity index (χ0n) is 16.0. The Bertz CT molecular complexity index is 1180. The third kappa shape index (κ3) is 3.93. The van der Waals surface area contributed by atoms with Crippen molar-refractivity contribution in [2.75, 3.05) is 19.9 Å². The molecule has 0 radical (unpaired) electrons. The van der Waals surface area contributed by atoms with Gasteiger partial charge in [-0.1, -0.05) is 15.9 Å². The van der Waals surface area contributed by atoms with E-state index in [0.29, 0.717) is 34.9 Å². The van der Waals surface area contributed by atoms with Gasteiger partial charge in [0, 0.05) is 29.1 Å². The van der Waals surface area contributed by atoms with Crippen LogP contribution >= 0.6 is 15.9 Å². The van der Waals surface area contributed by atoms with Crippen LogP contribution in [0.1, 0.15) is 23.2 Å². The van der Waals surface area contributed by atoms with Crippen LogP contribution in [0.25, 0.3) is 11.0 Å². The summed E-state index contributed by atoms with van der Waals surface area (Å²) < 4.78 is 23.3. The van der Waals surface area contributed by atoms with Crippen molar-refractivity contribution in [3.05, 3.63) is 58.1 Å². The number of rotatable bonds is 4. The number of amides is 1. The molecule has 0 spiro atoms. The standard InChI is InChI=1S/C22H19BrN2O5/c23-14-3-5-18-13(8-14)9-17(21(26)24-11-16-2-1-7-27-16)22(30-18)25-15-4-6-19-20(10-15)29-12-28-19/h3-6,8-10,16H,1-2,7,11-12H2,(H,24,26)/t16-/m1/s1. The third-order valence-electron chi connectivity index (χ3n) is 5.05. The van der Waals surface area contributed by atoms with Crippen LogP contribution in [0.4, 0.5) is 5.69 Å². The largest absolute Gasteiger partial charge is 0.454 e. The fourth-order valence-electron chi connectivity index (χ4n) is 3.53. The molecule has 5 rings (SSSR count). The number of carbonyl (C=O) groups is 1. The Hall–Kier alpha value is -2.84. The average Bonchev–Trinajstić information content (AvgIpc) is 3.43. The minimum Gasteiger partial charge on any atom is -0.454 e. The first kappa shape index (κ1) is 19.1. The minimum atomic E-state index is -0.254. The number of hydrogen-bond donors (Lipinski definition) is 1. The summed E-state index contributed by atoms with van der Waals surface area (Å²) in [6, 6.07) is 12.8. The summed E-state index contributed by atoms with van der Waals surface area (Å²) in [5.41, 5.74) is 1.82. The Kier molecular flexibility index (Phi) is 5.18. The number of hydrogen-bond acceptors (Lipinski definition) is 6. The fourth-order valence-corrected chi connectivity index (χ4v) is 3.91. The van der Waals surface area contributed by atoms with Crippen molar-refractivity contribution >= 4 is 38.5 Å². The van der Waals surface area contributed by atoms with Crippen molar-refractivity contribution in [1.82, 2.24) is 5.32 Å². The molecule has 1 N–H and O–H groups in total. The quantitative estimate of drug-likeness (QED) is 0.621. The third-order valence-corrected chi connectivity index (χ3v) is 5.55. The zero-order valence-corrected chi connectivity index (χ0v) is 17.6. The summed E-state index contributed by atoms with van der Waals surface area (Å²) in [5, 5.41) is 3.75. The van der Waals surface area contributed by atoms with Crippen LogP contribution in [0.5, 0.6) is 11.5 Å². The van der Waals surface area contributed by atoms with Gasteiger partial charge in [0.15, 0.2) is 11.5 Å². The molecule has 2 aromatic carbocycles. The molecule has 1 saturated heterocycles. The predicted molar refractivity (Wildman–Crippen MR) is 113 cm³/mol. The van der Waals surface area contributed by atoms with Crippen LogP contribution in [-0.4, -0.2) is 32.0 Å². The van der Waals surface area contributed by atoms with Crippen molar-refractivity contribution < 1.29 is 23.4 Å². The number of fused-ring (bicyclic) bond motifs is 2. The topological polar surface area (TPSA) is 82.3 Å². The van der Waals surface area contributed by atoms with Crippen molar-refractivity contribution in [1.29, 1.82) is 0 Å². The van der Waals surface area contributed by atoms with E-state index >= 15 is 0 Å². The van der Waals surface area contributed by atoms with E-state index in [9.17, 15) is 4.79 Å². The lowest BCUT2D eigenvalue weighted by atomic mass is 10.1. The Labute approximate surface area is 180 Å². The Balaban J connectivity index is 1.55. The number of benzene rings is 2. The lowest BCUT2D eigenvalue weighted by Crippen LogP contribution is -2.34. The van der Waals surface area contributed by atoms with Crippen molar-refractivity contribution in [2.24, 2.45) is 4.99 Å². The van der Waals surface area contributed by atoms with Gasteiger partial charge in [-0.3, -0.25) is 4.79 Å². The summed E-state index contributed by atoms with van der Waals surface area (Å²) in [7, 11) is 0. The molecule has 0 bridgehead atoms. The molecule has 0 saturated carbocycles. The number of ether oxygens (including phenoxy) is 3. The monoisotopic (exact) mass is 470 g/mol. The fraction of sp³-hybridized carbons (Fsp3) is 0.273. The van der Waals surface area contributed by atoms with Crippen LogP contribution in [0.2, 0.25) is 0 Å². The Morgan fingerprint density at radius 2 is 2.03 bits per heavy atom. The maximum absolute atomic E-state index is 13.0. The minimum absolute atomic E-state index is 0.0507. The number of nitrogens with one attached hydrogen (secondary N) is 1. The van der Waals surface area contributed by atoms with Gasteiger partial charge in [-0.15, -0.1) is 0 Å². The first-order valence-corrected chi connectivity index (χ1v) is 10.5. The summed E-state index contributed by atoms with van der Waals surface area (Å²) in [6.07, 6.45) is 2.02. The van der Waals surface area contributed by atoms with Crippen molar-refractivity contribution in [3.8, 4) is 11.5 Å². The molecule has 3 heterocycles. The van der Waals surface area contributed by atoms with E-state index in [4.69, 9.17) is 18.6 Å². The first-order valence-electron chi connectivity index (χ1n) is 9.73. The van der Waals surface area contributed by atoms with Crippen LogP contribution in [0, 0.1) is 0 Å². The van der Waals surface area contributed by atoms with Gasteiger partial charge in [0.2, 0.25) is 12.3 Å². The van der Waals surface area contributed by atoms with Crippen LogP contribution < -0.4 is 20.3 Å². The molecule has 154 valence electrons. The molecule has 7 nitrogen and oxygen atoms in total. The van der Waals surface area contributed by atoms with Gasteiger partial charge in [0.05, 0.1) is 11.8 Å². The second kappa shape index (κ2) is 8.12. The van der Waals surface area contributed by atoms with Crippen LogP contribution in [-0.2, 0) is 4.74 Å². The van der Waals surface area contributed by atoms with E-state index in [1.807, 2.05) is 18.2 Å². The number of nitrogens with zero attached hydrogens (tertiary/aromatic N) is 1. The maximum Gasteiger partial charge on any atom is 0.256 e. The van der Waals surface area contributed by atoms with Gasteiger partial charge < -0.3 is 23.9 Å². The van der Waals surface area contributed by atoms with Gasteiger partial charge in [-0.05, 0) is 49.2 Å². The molecule has 8 heteroatoms. The van der Waals surface area contributed by atoms with E-state index in [-0.39, 0.29) is 24.4 Å². The average molecular weight is 471 g/mol. The smallest absolute Gasteiger partial charge is 0.256 e. The molecular weight excluding hydrogens is 452 g/mol. The van der Waals surface area contributed by atoms with Gasteiger partial charge >= 0.3 is 0 Å². The molecule has 2 aliphatic rings. The number of carbonyl (C=O) groups excluding carboxylic acids is 1. The molecule has 1 aromatic heterocycles. The summed E-state index contributed by atoms with van der Waals surface area (Å²) >= 11 is 3.46. The Morgan fingerprint density at radius 3 is 2.90 bits per heavy atom. The Morgan fingerprint density at radius 1 is 1.13 bits per heavy atom. The lowest BCUT2D eigenvalue weighted by Gasteiger charge is -2.11. The van der Waals surface area contributed by atoms with E-state index in [1.54, 1.807) is 24.3 Å². The second-order valence-corrected chi connectivity index (χ2v) is 8.06. The molecule has 2 aliphatic heterocycles. The first-order chi connectivity index (χ1) is 14.7. The van der Waals surface area contributed by atoms with Crippen LogP contribution in [0.15, 0.2) is 56.3 Å². The summed E-state index contributed by atoms with van der Waals surface area (Å²) in [6.45, 7) is 1.38. The summed E-state index contributed by atoms with van der Waals surface area (Å²) in [4.78, 5) is 17.6. The highest BCUT2D eigenvalue weighted by molar-refractivity contribution is 9.10. The molecular formula is C22H19BrN2O5. The highest BCUT2D eigenvalue weighted by Crippen LogP contribution is 2.35. The summed E-state index contributed by atoms with van der Waals surface area (Å²) in [5.74, 6) is 1.03. The van der Waals surface area contributed by atoms with Gasteiger partial charge in [0.25, 0.3) is 5.91 Å². The van der Waals surface area contributed by atoms with Gasteiger partial charge in [0.1, 0.15) is 11.1 Å². The maximum atomic E-state index is 13.0. The molecule has 30 heavy (non-hydrogen) atoms. The molecule has 0 aliphatic carbocycles. The van der Waals surface area contributed by atoms with Crippen LogP contribution in [0.3, 0.4) is 0 Å². The SMILES string of the molecule is O=C(NC[C@H]1CCCO1)c1cc2cc(Br)ccc2oc1=Nc1ccc2c(c1)OCO2. The molecule has 0 unspecified atom stereocenters. The molecule has 3 aromatic rings. The normalized spacial score (nSPS) is 18.2. The van der Waals surface area contributed by atoms with E-state index < -0.39 is 0 Å². The highest BCUT2D eigenvalue weighted by Gasteiger charge is 2.19. The highest BCUT2D eigenvalue weighted by atomic mass is 79.9. The lowest BCUT2D eigenvalue weighted by molar-refractivity contribution is 0.0854. The van der Waals surface area contributed by atoms with E-state index in [2.05, 4.69) is 26.2 Å². The molecule has 1 amide bonds. The zero-order chi connectivity index (χ0) is 20.5. The van der Waals surface area contributed by atoms with E-state index in [0.717, 1.165) is 29.3 Å². The van der Waals surface area contributed by atoms with E-state index in [1.165, 1.54) is 0 Å².